The molecule has 0 heterocycles. The second kappa shape index (κ2) is 15.6. The van der Waals surface area contributed by atoms with Crippen LogP contribution in [0, 0.1) is 0 Å². The number of hydrogen-bond acceptors (Lipinski definition) is 5. The smallest absolute Gasteiger partial charge is 0.272 e. The monoisotopic (exact) mass is 607 g/mol. The number of hydrogen-bond donors (Lipinski definition) is 3. The minimum Gasteiger partial charge on any atom is -0.494 e. The standard InChI is InChI=1S/C36H37N3O4S/c1-5-43-31-20-18-29(19-21-31)37-34(40)25(4)44-32-13-9-12-30(23-32)38-36(42)33(39-35(41)28-10-7-6-8-11-28)22-26-14-16-27(17-15-26)24(2)3/h6-25H,5H2,1-4H3,(H,37,40)(H,38,42)(H,39,41)/b33-22+. The molecule has 0 saturated heterocycles. The van der Waals surface area contributed by atoms with E-state index in [9.17, 15) is 14.4 Å². The number of thioether (sulfide) groups is 1. The van der Waals surface area contributed by atoms with Crippen molar-refractivity contribution in [1.82, 2.24) is 5.32 Å². The van der Waals surface area contributed by atoms with Gasteiger partial charge < -0.3 is 20.7 Å². The first kappa shape index (κ1) is 32.1. The van der Waals surface area contributed by atoms with Crippen molar-refractivity contribution in [2.75, 3.05) is 17.2 Å². The van der Waals surface area contributed by atoms with Crippen LogP contribution >= 0.6 is 11.8 Å². The van der Waals surface area contributed by atoms with Crippen LogP contribution in [0.1, 0.15) is 55.1 Å². The third-order valence-electron chi connectivity index (χ3n) is 6.65. The van der Waals surface area contributed by atoms with E-state index in [1.807, 2.05) is 68.4 Å². The maximum Gasteiger partial charge on any atom is 0.272 e. The lowest BCUT2D eigenvalue weighted by atomic mass is 10.0. The topological polar surface area (TPSA) is 96.5 Å². The van der Waals surface area contributed by atoms with Gasteiger partial charge in [-0.1, -0.05) is 62.4 Å². The fraction of sp³-hybridized carbons (Fsp3) is 0.194. The molecule has 4 rings (SSSR count). The molecule has 7 nitrogen and oxygen atoms in total. The Morgan fingerprint density at radius 1 is 0.795 bits per heavy atom. The summed E-state index contributed by atoms with van der Waals surface area (Å²) in [4.78, 5) is 40.1. The maximum atomic E-state index is 13.5. The normalized spacial score (nSPS) is 11.9. The molecule has 0 aliphatic heterocycles. The summed E-state index contributed by atoms with van der Waals surface area (Å²) >= 11 is 1.37. The number of benzene rings is 4. The van der Waals surface area contributed by atoms with E-state index in [0.717, 1.165) is 16.2 Å². The average Bonchev–Trinajstić information content (AvgIpc) is 3.02. The fourth-order valence-corrected chi connectivity index (χ4v) is 5.16. The van der Waals surface area contributed by atoms with E-state index in [1.54, 1.807) is 54.6 Å². The summed E-state index contributed by atoms with van der Waals surface area (Å²) in [5, 5.41) is 8.20. The van der Waals surface area contributed by atoms with Crippen LogP contribution in [0.5, 0.6) is 5.75 Å². The molecule has 0 saturated carbocycles. The average molecular weight is 608 g/mol. The lowest BCUT2D eigenvalue weighted by molar-refractivity contribution is -0.115. The van der Waals surface area contributed by atoms with E-state index in [4.69, 9.17) is 4.74 Å². The van der Waals surface area contributed by atoms with Gasteiger partial charge in [0.25, 0.3) is 11.8 Å². The summed E-state index contributed by atoms with van der Waals surface area (Å²) in [5.74, 6) is 0.118. The minimum atomic E-state index is -0.467. The highest BCUT2D eigenvalue weighted by Crippen LogP contribution is 2.27. The summed E-state index contributed by atoms with van der Waals surface area (Å²) in [6, 6.07) is 31.1. The van der Waals surface area contributed by atoms with Crippen molar-refractivity contribution in [2.24, 2.45) is 0 Å². The van der Waals surface area contributed by atoms with Crippen LogP contribution in [0.3, 0.4) is 0 Å². The SMILES string of the molecule is CCOc1ccc(NC(=O)C(C)Sc2cccc(NC(=O)/C(=C\c3ccc(C(C)C)cc3)NC(=O)c3ccccc3)c2)cc1. The zero-order valence-electron chi connectivity index (χ0n) is 25.3. The Hall–Kier alpha value is -4.82. The van der Waals surface area contributed by atoms with Crippen molar-refractivity contribution in [1.29, 1.82) is 0 Å². The summed E-state index contributed by atoms with van der Waals surface area (Å²) in [7, 11) is 0. The van der Waals surface area contributed by atoms with Gasteiger partial charge in [-0.15, -0.1) is 11.8 Å². The molecular weight excluding hydrogens is 570 g/mol. The first-order valence-electron chi connectivity index (χ1n) is 14.5. The number of ether oxygens (including phenoxy) is 1. The zero-order valence-corrected chi connectivity index (χ0v) is 26.1. The Bertz CT molecular complexity index is 1600. The van der Waals surface area contributed by atoms with E-state index < -0.39 is 11.2 Å². The van der Waals surface area contributed by atoms with Crippen LogP contribution in [0.2, 0.25) is 0 Å². The van der Waals surface area contributed by atoms with Gasteiger partial charge in [-0.2, -0.15) is 0 Å². The summed E-state index contributed by atoms with van der Waals surface area (Å²) in [6.07, 6.45) is 1.66. The summed E-state index contributed by atoms with van der Waals surface area (Å²) in [6.45, 7) is 8.55. The number of anilines is 2. The minimum absolute atomic E-state index is 0.109. The van der Waals surface area contributed by atoms with Gasteiger partial charge in [-0.05, 0) is 91.6 Å². The predicted molar refractivity (Wildman–Crippen MR) is 179 cm³/mol. The van der Waals surface area contributed by atoms with E-state index in [-0.39, 0.29) is 17.5 Å². The molecule has 3 N–H and O–H groups in total. The van der Waals surface area contributed by atoms with E-state index in [1.165, 1.54) is 17.3 Å². The van der Waals surface area contributed by atoms with Crippen molar-refractivity contribution >= 4 is 46.9 Å². The molecule has 1 unspecified atom stereocenters. The molecule has 3 amide bonds. The third kappa shape index (κ3) is 9.34. The fourth-order valence-electron chi connectivity index (χ4n) is 4.23. The lowest BCUT2D eigenvalue weighted by Crippen LogP contribution is -2.30. The van der Waals surface area contributed by atoms with Crippen LogP contribution in [0.15, 0.2) is 114 Å². The summed E-state index contributed by atoms with van der Waals surface area (Å²) in [5.41, 5.74) is 3.73. The van der Waals surface area contributed by atoms with Gasteiger partial charge in [0.15, 0.2) is 0 Å². The Labute approximate surface area is 263 Å². The highest BCUT2D eigenvalue weighted by molar-refractivity contribution is 8.00. The largest absolute Gasteiger partial charge is 0.494 e. The Morgan fingerprint density at radius 3 is 2.16 bits per heavy atom. The van der Waals surface area contributed by atoms with Gasteiger partial charge in [-0.3, -0.25) is 14.4 Å². The Kier molecular flexibility index (Phi) is 11.4. The van der Waals surface area contributed by atoms with Crippen molar-refractivity contribution in [3.05, 3.63) is 126 Å². The highest BCUT2D eigenvalue weighted by Gasteiger charge is 2.17. The quantitative estimate of drug-likeness (QED) is 0.113. The van der Waals surface area contributed by atoms with Crippen LogP contribution in [0.25, 0.3) is 6.08 Å². The highest BCUT2D eigenvalue weighted by atomic mass is 32.2. The van der Waals surface area contributed by atoms with Crippen LogP contribution in [-0.2, 0) is 9.59 Å². The Morgan fingerprint density at radius 2 is 1.50 bits per heavy atom. The molecular formula is C36H37N3O4S. The number of nitrogens with one attached hydrogen (secondary N) is 3. The first-order valence-corrected chi connectivity index (χ1v) is 15.4. The zero-order chi connectivity index (χ0) is 31.5. The number of amides is 3. The molecule has 4 aromatic rings. The molecule has 0 radical (unpaired) electrons. The van der Waals surface area contributed by atoms with Crippen LogP contribution < -0.4 is 20.7 Å². The molecule has 4 aromatic carbocycles. The number of carbonyl (C=O) groups excluding carboxylic acids is 3. The van der Waals surface area contributed by atoms with Crippen molar-refractivity contribution < 1.29 is 19.1 Å². The molecule has 8 heteroatoms. The third-order valence-corrected chi connectivity index (χ3v) is 7.74. The number of rotatable bonds is 12. The van der Waals surface area contributed by atoms with E-state index in [0.29, 0.717) is 29.5 Å². The molecule has 0 aliphatic rings. The van der Waals surface area contributed by atoms with Gasteiger partial charge >= 0.3 is 0 Å². The molecule has 0 fully saturated rings. The van der Waals surface area contributed by atoms with Crippen LogP contribution in [0.4, 0.5) is 11.4 Å². The van der Waals surface area contributed by atoms with Crippen molar-refractivity contribution in [3.8, 4) is 5.75 Å². The first-order chi connectivity index (χ1) is 21.2. The second-order valence-electron chi connectivity index (χ2n) is 10.4. The molecule has 44 heavy (non-hydrogen) atoms. The van der Waals surface area contributed by atoms with Gasteiger partial charge in [0, 0.05) is 21.8 Å². The Balaban J connectivity index is 1.46. The second-order valence-corrected chi connectivity index (χ2v) is 11.8. The molecule has 0 aromatic heterocycles. The van der Waals surface area contributed by atoms with Crippen molar-refractivity contribution in [3.63, 3.8) is 0 Å². The van der Waals surface area contributed by atoms with Crippen LogP contribution in [-0.4, -0.2) is 29.6 Å². The molecule has 226 valence electrons. The molecule has 0 spiro atoms. The summed E-state index contributed by atoms with van der Waals surface area (Å²) < 4.78 is 5.46. The van der Waals surface area contributed by atoms with Gasteiger partial charge in [0.1, 0.15) is 11.4 Å². The lowest BCUT2D eigenvalue weighted by Gasteiger charge is -2.14. The number of carbonyl (C=O) groups is 3. The molecule has 0 bridgehead atoms. The molecule has 0 aliphatic carbocycles. The van der Waals surface area contributed by atoms with Gasteiger partial charge in [0.05, 0.1) is 11.9 Å². The van der Waals surface area contributed by atoms with E-state index in [2.05, 4.69) is 29.8 Å². The van der Waals surface area contributed by atoms with Gasteiger partial charge in [0.2, 0.25) is 5.91 Å². The molecule has 1 atom stereocenters. The predicted octanol–water partition coefficient (Wildman–Crippen LogP) is 7.74. The van der Waals surface area contributed by atoms with Crippen molar-refractivity contribution in [2.45, 2.75) is 43.8 Å². The maximum absolute atomic E-state index is 13.5. The van der Waals surface area contributed by atoms with Gasteiger partial charge in [-0.25, -0.2) is 0 Å². The van der Waals surface area contributed by atoms with E-state index >= 15 is 0 Å².